The van der Waals surface area contributed by atoms with Gasteiger partial charge in [0.05, 0.1) is 10.7 Å². The van der Waals surface area contributed by atoms with Gasteiger partial charge in [-0.2, -0.15) is 0 Å². The maximum atomic E-state index is 12.3. The Balaban J connectivity index is 1.43. The van der Waals surface area contributed by atoms with Crippen LogP contribution in [0.3, 0.4) is 0 Å². The molecule has 8 heteroatoms. The molecule has 134 valence electrons. The molecule has 0 radical (unpaired) electrons. The first-order valence-corrected chi connectivity index (χ1v) is 9.76. The van der Waals surface area contributed by atoms with Crippen molar-refractivity contribution in [1.29, 1.82) is 0 Å². The smallest absolute Gasteiger partial charge is 0.273 e. The number of carbonyl (C=O) groups is 1. The molecule has 2 aromatic heterocycles. The Hall–Kier alpha value is -1.86. The van der Waals surface area contributed by atoms with Crippen molar-refractivity contribution >= 4 is 45.6 Å². The van der Waals surface area contributed by atoms with E-state index in [-0.39, 0.29) is 11.1 Å². The van der Waals surface area contributed by atoms with Crippen LogP contribution in [-0.2, 0) is 19.5 Å². The summed E-state index contributed by atoms with van der Waals surface area (Å²) in [4.78, 5) is 23.2. The molecule has 0 saturated carbocycles. The molecule has 1 aliphatic rings. The summed E-state index contributed by atoms with van der Waals surface area (Å²) in [6.07, 6.45) is 0.884. The second kappa shape index (κ2) is 7.40. The molecule has 0 bridgehead atoms. The van der Waals surface area contributed by atoms with Crippen LogP contribution >= 0.6 is 34.5 Å². The standard InChI is InChI=1S/C18H16Cl2N4OS/c19-12-8-14(21-16(12)20)17(25)23-18-22-13-6-7-24(10-15(13)26-18)9-11-4-2-1-3-5-11/h1-5,8,21H,6-7,9-10H2,(H,22,23,25). The Morgan fingerprint density at radius 3 is 2.85 bits per heavy atom. The van der Waals surface area contributed by atoms with Gasteiger partial charge in [-0.25, -0.2) is 4.98 Å². The molecule has 1 aliphatic heterocycles. The van der Waals surface area contributed by atoms with Crippen LogP contribution in [0.15, 0.2) is 36.4 Å². The highest BCUT2D eigenvalue weighted by Crippen LogP contribution is 2.30. The van der Waals surface area contributed by atoms with Gasteiger partial charge >= 0.3 is 0 Å². The van der Waals surface area contributed by atoms with Gasteiger partial charge in [0.1, 0.15) is 10.8 Å². The van der Waals surface area contributed by atoms with E-state index >= 15 is 0 Å². The Labute approximate surface area is 165 Å². The summed E-state index contributed by atoms with van der Waals surface area (Å²) in [7, 11) is 0. The van der Waals surface area contributed by atoms with Crippen molar-refractivity contribution in [3.8, 4) is 0 Å². The molecule has 5 nitrogen and oxygen atoms in total. The molecule has 3 heterocycles. The first-order chi connectivity index (χ1) is 12.6. The molecule has 0 saturated heterocycles. The van der Waals surface area contributed by atoms with Gasteiger partial charge in [-0.1, -0.05) is 53.5 Å². The Bertz CT molecular complexity index is 919. The highest BCUT2D eigenvalue weighted by molar-refractivity contribution is 7.15. The van der Waals surface area contributed by atoms with Crippen LogP contribution in [0.4, 0.5) is 5.13 Å². The second-order valence-corrected chi connectivity index (χ2v) is 8.00. The van der Waals surface area contributed by atoms with Crippen LogP contribution in [0, 0.1) is 0 Å². The van der Waals surface area contributed by atoms with Crippen molar-refractivity contribution < 1.29 is 4.79 Å². The van der Waals surface area contributed by atoms with E-state index < -0.39 is 0 Å². The van der Waals surface area contributed by atoms with Gasteiger partial charge in [-0.05, 0) is 11.6 Å². The molecule has 2 N–H and O–H groups in total. The number of fused-ring (bicyclic) bond motifs is 1. The lowest BCUT2D eigenvalue weighted by Gasteiger charge is -2.25. The maximum absolute atomic E-state index is 12.3. The first kappa shape index (κ1) is 17.5. The van der Waals surface area contributed by atoms with Crippen LogP contribution in [0.5, 0.6) is 0 Å². The second-order valence-electron chi connectivity index (χ2n) is 6.13. The number of rotatable bonds is 4. The number of hydrogen-bond acceptors (Lipinski definition) is 4. The zero-order valence-corrected chi connectivity index (χ0v) is 16.1. The van der Waals surface area contributed by atoms with Crippen molar-refractivity contribution in [3.63, 3.8) is 0 Å². The van der Waals surface area contributed by atoms with Gasteiger partial charge < -0.3 is 4.98 Å². The molecule has 0 unspecified atom stereocenters. The molecule has 1 amide bonds. The minimum Gasteiger partial charge on any atom is -0.340 e. The number of thiazole rings is 1. The summed E-state index contributed by atoms with van der Waals surface area (Å²) in [6.45, 7) is 2.72. The third-order valence-corrected chi connectivity index (χ3v) is 5.94. The largest absolute Gasteiger partial charge is 0.340 e. The number of halogens is 2. The van der Waals surface area contributed by atoms with Crippen LogP contribution in [0.1, 0.15) is 26.6 Å². The molecule has 0 atom stereocenters. The third-order valence-electron chi connectivity index (χ3n) is 4.25. The Morgan fingerprint density at radius 2 is 2.12 bits per heavy atom. The predicted octanol–water partition coefficient (Wildman–Crippen LogP) is 4.59. The number of aromatic nitrogens is 2. The van der Waals surface area contributed by atoms with E-state index in [9.17, 15) is 4.79 Å². The Morgan fingerprint density at radius 1 is 1.31 bits per heavy atom. The van der Waals surface area contributed by atoms with E-state index in [0.717, 1.165) is 31.7 Å². The van der Waals surface area contributed by atoms with Crippen molar-refractivity contribution in [2.24, 2.45) is 0 Å². The summed E-state index contributed by atoms with van der Waals surface area (Å²) in [5, 5.41) is 4.00. The number of amides is 1. The number of H-pyrrole nitrogens is 1. The van der Waals surface area contributed by atoms with Crippen LogP contribution in [0.2, 0.25) is 10.2 Å². The fourth-order valence-electron chi connectivity index (χ4n) is 2.97. The SMILES string of the molecule is O=C(Nc1nc2c(s1)CN(Cc1ccccc1)CC2)c1cc(Cl)c(Cl)[nH]1. The van der Waals surface area contributed by atoms with E-state index in [1.54, 1.807) is 0 Å². The van der Waals surface area contributed by atoms with Gasteiger partial charge in [-0.15, -0.1) is 11.3 Å². The van der Waals surface area contributed by atoms with Crippen LogP contribution in [0.25, 0.3) is 0 Å². The number of nitrogens with zero attached hydrogens (tertiary/aromatic N) is 2. The number of hydrogen-bond donors (Lipinski definition) is 2. The van der Waals surface area contributed by atoms with Gasteiger partial charge in [0.2, 0.25) is 0 Å². The fourth-order valence-corrected chi connectivity index (χ4v) is 4.33. The van der Waals surface area contributed by atoms with Crippen molar-refractivity contribution in [2.75, 3.05) is 11.9 Å². The van der Waals surface area contributed by atoms with Gasteiger partial charge in [0.15, 0.2) is 5.13 Å². The zero-order valence-electron chi connectivity index (χ0n) is 13.8. The summed E-state index contributed by atoms with van der Waals surface area (Å²) < 4.78 is 0. The minimum absolute atomic E-state index is 0.256. The molecule has 3 aromatic rings. The van der Waals surface area contributed by atoms with E-state index in [0.29, 0.717) is 15.8 Å². The molecule has 0 fully saturated rings. The lowest BCUT2D eigenvalue weighted by Crippen LogP contribution is -2.29. The molecule has 0 aliphatic carbocycles. The normalized spacial score (nSPS) is 14.2. The quantitative estimate of drug-likeness (QED) is 0.665. The number of anilines is 1. The first-order valence-electron chi connectivity index (χ1n) is 8.18. The summed E-state index contributed by atoms with van der Waals surface area (Å²) in [6, 6.07) is 11.9. The number of aromatic amines is 1. The summed E-state index contributed by atoms with van der Waals surface area (Å²) in [5.41, 5.74) is 2.69. The van der Waals surface area contributed by atoms with Crippen LogP contribution in [-0.4, -0.2) is 27.3 Å². The van der Waals surface area contributed by atoms with Crippen molar-refractivity contribution in [3.05, 3.63) is 68.4 Å². The molecule has 0 spiro atoms. The molecular weight excluding hydrogens is 391 g/mol. The fraction of sp³-hybridized carbons (Fsp3) is 0.222. The minimum atomic E-state index is -0.300. The lowest BCUT2D eigenvalue weighted by molar-refractivity contribution is 0.102. The highest BCUT2D eigenvalue weighted by atomic mass is 35.5. The molecule has 1 aromatic carbocycles. The topological polar surface area (TPSA) is 61.0 Å². The average molecular weight is 407 g/mol. The van der Waals surface area contributed by atoms with Gasteiger partial charge in [0.25, 0.3) is 5.91 Å². The zero-order chi connectivity index (χ0) is 18.1. The van der Waals surface area contributed by atoms with E-state index in [1.807, 2.05) is 6.07 Å². The van der Waals surface area contributed by atoms with Crippen LogP contribution < -0.4 is 5.32 Å². The maximum Gasteiger partial charge on any atom is 0.273 e. The monoisotopic (exact) mass is 406 g/mol. The van der Waals surface area contributed by atoms with E-state index in [1.165, 1.54) is 27.8 Å². The van der Waals surface area contributed by atoms with Crippen molar-refractivity contribution in [2.45, 2.75) is 19.5 Å². The number of benzene rings is 1. The van der Waals surface area contributed by atoms with E-state index in [2.05, 4.69) is 44.5 Å². The highest BCUT2D eigenvalue weighted by Gasteiger charge is 2.22. The molecule has 4 rings (SSSR count). The molecule has 26 heavy (non-hydrogen) atoms. The summed E-state index contributed by atoms with van der Waals surface area (Å²) >= 11 is 13.3. The lowest BCUT2D eigenvalue weighted by atomic mass is 10.1. The predicted molar refractivity (Wildman–Crippen MR) is 105 cm³/mol. The molecular formula is C18H16Cl2N4OS. The van der Waals surface area contributed by atoms with Crippen molar-refractivity contribution in [1.82, 2.24) is 14.9 Å². The summed E-state index contributed by atoms with van der Waals surface area (Å²) in [5.74, 6) is -0.300. The third kappa shape index (κ3) is 3.78. The van der Waals surface area contributed by atoms with E-state index in [4.69, 9.17) is 23.2 Å². The average Bonchev–Trinajstić information content (AvgIpc) is 3.18. The Kier molecular flexibility index (Phi) is 5.00. The van der Waals surface area contributed by atoms with Gasteiger partial charge in [0, 0.05) is 30.9 Å². The van der Waals surface area contributed by atoms with Gasteiger partial charge in [-0.3, -0.25) is 15.0 Å². The number of carbonyl (C=O) groups excluding carboxylic acids is 1. The number of nitrogens with one attached hydrogen (secondary N) is 2.